The molecular weight excluding hydrogens is 388 g/mol. The van der Waals surface area contributed by atoms with Crippen molar-refractivity contribution in [3.8, 4) is 5.75 Å². The zero-order valence-electron chi connectivity index (χ0n) is 15.7. The maximum absolute atomic E-state index is 11.9. The van der Waals surface area contributed by atoms with Gasteiger partial charge >= 0.3 is 6.03 Å². The van der Waals surface area contributed by atoms with E-state index in [9.17, 15) is 14.7 Å². The number of carbonyl (C=O) groups excluding carboxylic acids is 2. The van der Waals surface area contributed by atoms with Crippen molar-refractivity contribution in [3.63, 3.8) is 0 Å². The summed E-state index contributed by atoms with van der Waals surface area (Å²) in [6.45, 7) is 0.461. The molecule has 3 aromatic rings. The lowest BCUT2D eigenvalue weighted by Gasteiger charge is -2.10. The molecule has 0 atom stereocenters. The van der Waals surface area contributed by atoms with Gasteiger partial charge in [-0.25, -0.2) is 4.79 Å². The summed E-state index contributed by atoms with van der Waals surface area (Å²) in [5, 5.41) is 24.9. The monoisotopic (exact) mass is 406 g/mol. The van der Waals surface area contributed by atoms with E-state index in [-0.39, 0.29) is 11.4 Å². The third-order valence-electron chi connectivity index (χ3n) is 4.71. The van der Waals surface area contributed by atoms with Crippen LogP contribution >= 0.6 is 0 Å². The van der Waals surface area contributed by atoms with Crippen LogP contribution in [0.1, 0.15) is 24.0 Å². The molecule has 1 aromatic carbocycles. The normalized spacial score (nSPS) is 17.3. The van der Waals surface area contributed by atoms with Crippen LogP contribution in [-0.4, -0.2) is 42.7 Å². The van der Waals surface area contributed by atoms with E-state index in [2.05, 4.69) is 36.3 Å². The van der Waals surface area contributed by atoms with Gasteiger partial charge in [0, 0.05) is 18.2 Å². The molecule has 11 heteroatoms. The fraction of sp³-hybridized carbons (Fsp3) is 0.211. The number of phenols is 1. The fourth-order valence-electron chi connectivity index (χ4n) is 3.01. The van der Waals surface area contributed by atoms with Gasteiger partial charge in [-0.15, -0.1) is 0 Å². The van der Waals surface area contributed by atoms with Crippen LogP contribution in [-0.2, 0) is 11.3 Å². The highest BCUT2D eigenvalue weighted by Crippen LogP contribution is 2.26. The molecule has 0 radical (unpaired) electrons. The number of anilines is 2. The quantitative estimate of drug-likeness (QED) is 0.303. The van der Waals surface area contributed by atoms with Gasteiger partial charge in [0.25, 0.3) is 5.91 Å². The Kier molecular flexibility index (Phi) is 4.20. The van der Waals surface area contributed by atoms with E-state index in [0.717, 1.165) is 18.4 Å². The maximum atomic E-state index is 11.9. The number of nitrogens with zero attached hydrogens (tertiary/aromatic N) is 4. The zero-order chi connectivity index (χ0) is 20.7. The van der Waals surface area contributed by atoms with Crippen molar-refractivity contribution in [3.05, 3.63) is 47.3 Å². The first kappa shape index (κ1) is 17.9. The van der Waals surface area contributed by atoms with E-state index in [4.69, 9.17) is 0 Å². The number of urea groups is 1. The standard InChI is InChI=1S/C19H18N8O3/c28-13-5-1-10(2-6-13)8-20-17-24-15-11(7-14-16(29)25-19(30)23-14)9-21-27(15)18(26-17)22-12-3-4-12/h1-2,5-7,9,12,28H,3-4,8H2,(H2,20,22,24,26)(H2,23,25,29,30)/b14-7-. The number of nitrogens with one attached hydrogen (secondary N) is 4. The molecule has 1 saturated heterocycles. The second-order valence-electron chi connectivity index (χ2n) is 7.11. The van der Waals surface area contributed by atoms with Crippen molar-refractivity contribution in [2.75, 3.05) is 10.6 Å². The van der Waals surface area contributed by atoms with Gasteiger partial charge in [-0.3, -0.25) is 10.1 Å². The van der Waals surface area contributed by atoms with Crippen molar-refractivity contribution in [2.24, 2.45) is 0 Å². The average Bonchev–Trinajstić information content (AvgIpc) is 3.36. The van der Waals surface area contributed by atoms with Gasteiger partial charge in [-0.2, -0.15) is 19.6 Å². The summed E-state index contributed by atoms with van der Waals surface area (Å²) in [6.07, 6.45) is 5.22. The Hall–Kier alpha value is -4.15. The van der Waals surface area contributed by atoms with Crippen molar-refractivity contribution in [1.82, 2.24) is 30.2 Å². The van der Waals surface area contributed by atoms with Crippen LogP contribution in [0.4, 0.5) is 16.7 Å². The highest BCUT2D eigenvalue weighted by atomic mass is 16.3. The number of hydrogen-bond donors (Lipinski definition) is 5. The average molecular weight is 406 g/mol. The fourth-order valence-corrected chi connectivity index (χ4v) is 3.01. The van der Waals surface area contributed by atoms with Gasteiger partial charge in [0.05, 0.1) is 6.20 Å². The highest BCUT2D eigenvalue weighted by molar-refractivity contribution is 6.14. The maximum Gasteiger partial charge on any atom is 0.326 e. The second-order valence-corrected chi connectivity index (χ2v) is 7.11. The minimum atomic E-state index is -0.565. The Morgan fingerprint density at radius 1 is 1.17 bits per heavy atom. The van der Waals surface area contributed by atoms with Crippen molar-refractivity contribution >= 4 is 35.6 Å². The Labute approximate surface area is 170 Å². The van der Waals surface area contributed by atoms with Crippen molar-refractivity contribution in [1.29, 1.82) is 0 Å². The molecule has 5 N–H and O–H groups in total. The number of hydrogen-bond acceptors (Lipinski definition) is 8. The number of amides is 3. The smallest absolute Gasteiger partial charge is 0.326 e. The molecule has 2 aromatic heterocycles. The third-order valence-corrected chi connectivity index (χ3v) is 4.71. The summed E-state index contributed by atoms with van der Waals surface area (Å²) < 4.78 is 1.57. The lowest BCUT2D eigenvalue weighted by Crippen LogP contribution is -2.22. The van der Waals surface area contributed by atoms with E-state index in [1.165, 1.54) is 6.08 Å². The predicted octanol–water partition coefficient (Wildman–Crippen LogP) is 1.20. The van der Waals surface area contributed by atoms with Gasteiger partial charge in [-0.1, -0.05) is 12.1 Å². The van der Waals surface area contributed by atoms with Gasteiger partial charge in [0.1, 0.15) is 11.4 Å². The van der Waals surface area contributed by atoms with Crippen LogP contribution in [0.3, 0.4) is 0 Å². The number of aromatic hydroxyl groups is 1. The lowest BCUT2D eigenvalue weighted by molar-refractivity contribution is -0.115. The van der Waals surface area contributed by atoms with Crippen LogP contribution in [0.15, 0.2) is 36.2 Å². The molecule has 5 rings (SSSR count). The third kappa shape index (κ3) is 3.60. The molecule has 2 aliphatic rings. The van der Waals surface area contributed by atoms with Crippen LogP contribution in [0.2, 0.25) is 0 Å². The Balaban J connectivity index is 1.49. The number of fused-ring (bicyclic) bond motifs is 1. The molecule has 1 aliphatic carbocycles. The summed E-state index contributed by atoms with van der Waals surface area (Å²) >= 11 is 0. The number of rotatable bonds is 6. The summed E-state index contributed by atoms with van der Waals surface area (Å²) in [5.74, 6) is 0.627. The summed E-state index contributed by atoms with van der Waals surface area (Å²) in [6, 6.07) is 6.62. The second kappa shape index (κ2) is 7.03. The Bertz CT molecular complexity index is 1180. The number of carbonyl (C=O) groups is 2. The molecule has 152 valence electrons. The molecular formula is C19H18N8O3. The number of aromatic nitrogens is 4. The molecule has 30 heavy (non-hydrogen) atoms. The molecule has 0 bridgehead atoms. The van der Waals surface area contributed by atoms with Crippen molar-refractivity contribution < 1.29 is 14.7 Å². The Morgan fingerprint density at radius 3 is 2.67 bits per heavy atom. The lowest BCUT2D eigenvalue weighted by atomic mass is 10.2. The molecule has 0 spiro atoms. The summed E-state index contributed by atoms with van der Waals surface area (Å²) in [5.41, 5.74) is 2.14. The molecule has 0 unspecified atom stereocenters. The Morgan fingerprint density at radius 2 is 1.97 bits per heavy atom. The van der Waals surface area contributed by atoms with Crippen LogP contribution in [0, 0.1) is 0 Å². The molecule has 1 aliphatic heterocycles. The van der Waals surface area contributed by atoms with Gasteiger partial charge in [0.2, 0.25) is 11.9 Å². The summed E-state index contributed by atoms with van der Waals surface area (Å²) in [7, 11) is 0. The van der Waals surface area contributed by atoms with Crippen LogP contribution < -0.4 is 21.3 Å². The van der Waals surface area contributed by atoms with Crippen LogP contribution in [0.25, 0.3) is 11.7 Å². The minimum Gasteiger partial charge on any atom is -0.508 e. The first-order valence-electron chi connectivity index (χ1n) is 9.43. The van der Waals surface area contributed by atoms with E-state index >= 15 is 0 Å². The predicted molar refractivity (Wildman–Crippen MR) is 108 cm³/mol. The van der Waals surface area contributed by atoms with E-state index < -0.39 is 11.9 Å². The van der Waals surface area contributed by atoms with Gasteiger partial charge in [-0.05, 0) is 36.6 Å². The van der Waals surface area contributed by atoms with E-state index in [0.29, 0.717) is 35.7 Å². The summed E-state index contributed by atoms with van der Waals surface area (Å²) in [4.78, 5) is 32.3. The SMILES string of the molecule is O=C1NC(=O)/C(=C/c2cnn3c(NC4CC4)nc(NCc4ccc(O)cc4)nc23)N1. The topological polar surface area (TPSA) is 146 Å². The van der Waals surface area contributed by atoms with Gasteiger partial charge in [0.15, 0.2) is 5.65 Å². The molecule has 3 heterocycles. The molecule has 3 amide bonds. The first-order valence-corrected chi connectivity index (χ1v) is 9.43. The number of benzene rings is 1. The van der Waals surface area contributed by atoms with Gasteiger partial charge < -0.3 is 21.1 Å². The van der Waals surface area contributed by atoms with Crippen LogP contribution in [0.5, 0.6) is 5.75 Å². The minimum absolute atomic E-state index is 0.129. The van der Waals surface area contributed by atoms with E-state index in [1.54, 1.807) is 35.0 Å². The molecule has 11 nitrogen and oxygen atoms in total. The largest absolute Gasteiger partial charge is 0.508 e. The molecule has 1 saturated carbocycles. The highest BCUT2D eigenvalue weighted by Gasteiger charge is 2.25. The zero-order valence-corrected chi connectivity index (χ0v) is 15.7. The molecule has 2 fully saturated rings. The van der Waals surface area contributed by atoms with E-state index in [1.807, 2.05) is 0 Å². The van der Waals surface area contributed by atoms with Crippen molar-refractivity contribution in [2.45, 2.75) is 25.4 Å². The number of phenolic OH excluding ortho intramolecular Hbond substituents is 1. The first-order chi connectivity index (χ1) is 14.5. The number of imide groups is 1.